The number of carbonyl (C=O) groups excluding carboxylic acids is 1. The molecule has 4 rings (SSSR count). The lowest BCUT2D eigenvalue weighted by Crippen LogP contribution is -2.15. The Morgan fingerprint density at radius 2 is 1.75 bits per heavy atom. The smallest absolute Gasteiger partial charge is 0.416 e. The minimum absolute atomic E-state index is 0.0601. The first-order chi connectivity index (χ1) is 17.0. The fraction of sp³-hybridized carbons (Fsp3) is 0.217. The van der Waals surface area contributed by atoms with Gasteiger partial charge < -0.3 is 9.73 Å². The van der Waals surface area contributed by atoms with Crippen molar-refractivity contribution in [3.8, 4) is 11.6 Å². The van der Waals surface area contributed by atoms with Gasteiger partial charge in [-0.05, 0) is 29.8 Å². The molecule has 0 fully saturated rings. The van der Waals surface area contributed by atoms with Crippen LogP contribution in [0, 0.1) is 0 Å². The predicted octanol–water partition coefficient (Wildman–Crippen LogP) is 6.30. The van der Waals surface area contributed by atoms with E-state index < -0.39 is 41.5 Å². The predicted molar refractivity (Wildman–Crippen MR) is 117 cm³/mol. The zero-order chi connectivity index (χ0) is 26.5. The number of pyridine rings is 1. The molecule has 36 heavy (non-hydrogen) atoms. The van der Waals surface area contributed by atoms with Crippen LogP contribution in [0.1, 0.15) is 41.1 Å². The Morgan fingerprint density at radius 3 is 2.39 bits per heavy atom. The maximum atomic E-state index is 13.3. The lowest BCUT2D eigenvalue weighted by Gasteiger charge is -2.16. The first kappa shape index (κ1) is 26.4. The highest BCUT2D eigenvalue weighted by atomic mass is 19.4. The molecule has 0 aliphatic rings. The molecule has 0 spiro atoms. The highest BCUT2D eigenvalue weighted by molar-refractivity contribution is 6.02. The molecule has 1 amide bonds. The third kappa shape index (κ3) is 6.29. The van der Waals surface area contributed by atoms with E-state index in [1.165, 1.54) is 24.8 Å². The van der Waals surface area contributed by atoms with Gasteiger partial charge in [-0.1, -0.05) is 26.0 Å². The quantitative estimate of drug-likeness (QED) is 0.318. The molecule has 3 heterocycles. The molecule has 0 saturated carbocycles. The minimum atomic E-state index is -5.00. The molecule has 0 radical (unpaired) electrons. The number of halogens is 6. The van der Waals surface area contributed by atoms with Gasteiger partial charge in [0.1, 0.15) is 5.69 Å². The number of alkyl halides is 6. The number of carbonyl (C=O) groups is 1. The summed E-state index contributed by atoms with van der Waals surface area (Å²) in [5.74, 6) is -0.723. The van der Waals surface area contributed by atoms with Crippen LogP contribution in [0.2, 0.25) is 0 Å². The SMILES string of the molecule is CC.O=C(Nc1cnn(Cc2ccc(C(F)(F)F)cc2C(F)(F)F)c1)c1cnc(-c2ccccn2)o1. The molecule has 0 aliphatic heterocycles. The first-order valence-electron chi connectivity index (χ1n) is 10.5. The molecule has 4 aromatic rings. The van der Waals surface area contributed by atoms with Crippen molar-refractivity contribution in [2.24, 2.45) is 0 Å². The molecule has 0 bridgehead atoms. The maximum absolute atomic E-state index is 13.3. The number of amides is 1. The molecule has 7 nitrogen and oxygen atoms in total. The number of aromatic nitrogens is 4. The molecular weight excluding hydrogens is 492 g/mol. The van der Waals surface area contributed by atoms with Crippen LogP contribution < -0.4 is 5.32 Å². The van der Waals surface area contributed by atoms with Crippen LogP contribution >= 0.6 is 0 Å². The number of oxazole rings is 1. The van der Waals surface area contributed by atoms with Crippen molar-refractivity contribution >= 4 is 11.6 Å². The van der Waals surface area contributed by atoms with Crippen molar-refractivity contribution in [2.45, 2.75) is 32.7 Å². The van der Waals surface area contributed by atoms with E-state index >= 15 is 0 Å². The number of hydrogen-bond donors (Lipinski definition) is 1. The third-order valence-electron chi connectivity index (χ3n) is 4.58. The van der Waals surface area contributed by atoms with Gasteiger partial charge in [-0.25, -0.2) is 4.98 Å². The van der Waals surface area contributed by atoms with Crippen LogP contribution in [-0.2, 0) is 18.9 Å². The van der Waals surface area contributed by atoms with Gasteiger partial charge in [0, 0.05) is 12.4 Å². The van der Waals surface area contributed by atoms with E-state index in [4.69, 9.17) is 4.42 Å². The van der Waals surface area contributed by atoms with E-state index in [9.17, 15) is 31.1 Å². The number of anilines is 1. The minimum Gasteiger partial charge on any atom is -0.429 e. The molecule has 1 N–H and O–H groups in total. The standard InChI is InChI=1S/C21H13F6N5O2.C2H6/c22-20(23,24)13-5-4-12(15(7-13)21(25,26)27)10-32-11-14(8-30-32)31-18(33)17-9-29-19(34-17)16-3-1-2-6-28-16;1-2/h1-9,11H,10H2,(H,31,33);1-2H3. The Morgan fingerprint density at radius 1 is 1.00 bits per heavy atom. The average Bonchev–Trinajstić information content (AvgIpc) is 3.50. The molecular formula is C23H19F6N5O2. The molecule has 0 atom stereocenters. The average molecular weight is 511 g/mol. The Kier molecular flexibility index (Phi) is 7.80. The van der Waals surface area contributed by atoms with E-state index in [0.29, 0.717) is 11.8 Å². The van der Waals surface area contributed by atoms with Gasteiger partial charge in [-0.3, -0.25) is 14.5 Å². The second-order valence-corrected chi connectivity index (χ2v) is 6.99. The second kappa shape index (κ2) is 10.6. The van der Waals surface area contributed by atoms with Crippen LogP contribution in [0.25, 0.3) is 11.6 Å². The van der Waals surface area contributed by atoms with Crippen molar-refractivity contribution < 1.29 is 35.6 Å². The van der Waals surface area contributed by atoms with Gasteiger partial charge in [0.25, 0.3) is 5.91 Å². The Hall–Kier alpha value is -4.16. The van der Waals surface area contributed by atoms with Crippen LogP contribution in [0.5, 0.6) is 0 Å². The van der Waals surface area contributed by atoms with Crippen molar-refractivity contribution in [2.75, 3.05) is 5.32 Å². The zero-order valence-electron chi connectivity index (χ0n) is 18.9. The Balaban J connectivity index is 0.00000176. The van der Waals surface area contributed by atoms with Crippen LogP contribution in [0.4, 0.5) is 32.0 Å². The van der Waals surface area contributed by atoms with Crippen LogP contribution in [-0.4, -0.2) is 25.7 Å². The van der Waals surface area contributed by atoms with E-state index in [1.807, 2.05) is 13.8 Å². The van der Waals surface area contributed by atoms with E-state index in [-0.39, 0.29) is 23.4 Å². The van der Waals surface area contributed by atoms with Crippen LogP contribution in [0.3, 0.4) is 0 Å². The maximum Gasteiger partial charge on any atom is 0.416 e. The molecule has 190 valence electrons. The first-order valence-corrected chi connectivity index (χ1v) is 10.5. The summed E-state index contributed by atoms with van der Waals surface area (Å²) in [6.45, 7) is 3.52. The monoisotopic (exact) mass is 511 g/mol. The zero-order valence-corrected chi connectivity index (χ0v) is 18.9. The summed E-state index contributed by atoms with van der Waals surface area (Å²) >= 11 is 0. The molecule has 0 saturated heterocycles. The molecule has 0 aliphatic carbocycles. The summed E-state index contributed by atoms with van der Waals surface area (Å²) in [5.41, 5.74) is -2.72. The Labute approximate surface area is 200 Å². The van der Waals surface area contributed by atoms with Gasteiger partial charge in [0.05, 0.1) is 35.8 Å². The van der Waals surface area contributed by atoms with Crippen molar-refractivity contribution in [1.82, 2.24) is 19.7 Å². The molecule has 1 aromatic carbocycles. The largest absolute Gasteiger partial charge is 0.429 e. The highest BCUT2D eigenvalue weighted by Gasteiger charge is 2.38. The highest BCUT2D eigenvalue weighted by Crippen LogP contribution is 2.37. The van der Waals surface area contributed by atoms with E-state index in [1.54, 1.807) is 18.2 Å². The van der Waals surface area contributed by atoms with E-state index in [2.05, 4.69) is 20.4 Å². The summed E-state index contributed by atoms with van der Waals surface area (Å²) < 4.78 is 84.9. The van der Waals surface area contributed by atoms with Gasteiger partial charge in [-0.15, -0.1) is 0 Å². The summed E-state index contributed by atoms with van der Waals surface area (Å²) in [6.07, 6.45) is -4.82. The normalized spacial score (nSPS) is 11.6. The number of nitrogens with zero attached hydrogens (tertiary/aromatic N) is 4. The molecule has 13 heteroatoms. The summed E-state index contributed by atoms with van der Waals surface area (Å²) in [4.78, 5) is 20.4. The lowest BCUT2D eigenvalue weighted by atomic mass is 10.0. The number of benzene rings is 1. The molecule has 0 unspecified atom stereocenters. The molecule has 3 aromatic heterocycles. The van der Waals surface area contributed by atoms with Crippen molar-refractivity contribution in [3.05, 3.63) is 83.6 Å². The number of nitrogens with one attached hydrogen (secondary N) is 1. The summed E-state index contributed by atoms with van der Waals surface area (Å²) in [6, 6.07) is 6.42. The summed E-state index contributed by atoms with van der Waals surface area (Å²) in [5, 5.41) is 6.32. The van der Waals surface area contributed by atoms with Crippen molar-refractivity contribution in [1.29, 1.82) is 0 Å². The van der Waals surface area contributed by atoms with Gasteiger partial charge in [0.15, 0.2) is 0 Å². The van der Waals surface area contributed by atoms with Gasteiger partial charge in [0.2, 0.25) is 11.7 Å². The number of hydrogen-bond acceptors (Lipinski definition) is 5. The topological polar surface area (TPSA) is 85.8 Å². The van der Waals surface area contributed by atoms with Gasteiger partial charge >= 0.3 is 12.4 Å². The van der Waals surface area contributed by atoms with Gasteiger partial charge in [-0.2, -0.15) is 31.4 Å². The lowest BCUT2D eigenvalue weighted by molar-refractivity contribution is -0.143. The third-order valence-corrected chi connectivity index (χ3v) is 4.58. The second-order valence-electron chi connectivity index (χ2n) is 6.99. The number of rotatable bonds is 5. The van der Waals surface area contributed by atoms with Crippen molar-refractivity contribution in [3.63, 3.8) is 0 Å². The van der Waals surface area contributed by atoms with Crippen LogP contribution in [0.15, 0.2) is 65.6 Å². The Bertz CT molecular complexity index is 1310. The fourth-order valence-electron chi connectivity index (χ4n) is 3.02. The summed E-state index contributed by atoms with van der Waals surface area (Å²) in [7, 11) is 0. The van der Waals surface area contributed by atoms with E-state index in [0.717, 1.165) is 10.7 Å². The fourth-order valence-corrected chi connectivity index (χ4v) is 3.02.